The molecule has 0 N–H and O–H groups in total. The highest BCUT2D eigenvalue weighted by Gasteiger charge is 2.37. The predicted octanol–water partition coefficient (Wildman–Crippen LogP) is 7.12. The van der Waals surface area contributed by atoms with E-state index in [9.17, 15) is 26.7 Å². The van der Waals surface area contributed by atoms with Crippen LogP contribution in [0.3, 0.4) is 0 Å². The Bertz CT molecular complexity index is 1570. The summed E-state index contributed by atoms with van der Waals surface area (Å²) in [6, 6.07) is 9.16. The van der Waals surface area contributed by atoms with Gasteiger partial charge in [0.05, 0.1) is 17.8 Å². The fourth-order valence-corrected chi connectivity index (χ4v) is 5.62. The third kappa shape index (κ3) is 5.42. The number of hydrogen-bond acceptors (Lipinski definition) is 4. The van der Waals surface area contributed by atoms with E-state index < -0.39 is 17.7 Å². The summed E-state index contributed by atoms with van der Waals surface area (Å²) < 4.78 is 70.8. The molecule has 0 saturated heterocycles. The monoisotopic (exact) mass is 542 g/mol. The van der Waals surface area contributed by atoms with Gasteiger partial charge in [0.2, 0.25) is 0 Å². The molecule has 204 valence electrons. The van der Waals surface area contributed by atoms with E-state index >= 15 is 0 Å². The SMILES string of the molecule is Cc1ccc2cc(C3CCC(c4cnccc4C(F)(F)F)CC3)c(=O)n(Cc3ncccc3C(C)(F)F)c2n1. The quantitative estimate of drug-likeness (QED) is 0.252. The normalized spacial score (nSPS) is 18.4. The molecule has 0 unspecified atom stereocenters. The molecule has 0 atom stereocenters. The zero-order valence-electron chi connectivity index (χ0n) is 21.5. The van der Waals surface area contributed by atoms with Crippen LogP contribution in [0, 0.1) is 6.92 Å². The molecule has 1 aliphatic carbocycles. The lowest BCUT2D eigenvalue weighted by Gasteiger charge is -2.30. The van der Waals surface area contributed by atoms with Crippen LogP contribution >= 0.6 is 0 Å². The first kappa shape index (κ1) is 26.9. The van der Waals surface area contributed by atoms with Crippen molar-refractivity contribution in [1.82, 2.24) is 19.5 Å². The maximum Gasteiger partial charge on any atom is 0.416 e. The summed E-state index contributed by atoms with van der Waals surface area (Å²) in [6.07, 6.45) is 1.34. The summed E-state index contributed by atoms with van der Waals surface area (Å²) in [4.78, 5) is 26.5. The largest absolute Gasteiger partial charge is 0.416 e. The number of pyridine rings is 4. The minimum absolute atomic E-state index is 0.0776. The molecule has 39 heavy (non-hydrogen) atoms. The minimum Gasteiger partial charge on any atom is -0.286 e. The maximum atomic E-state index is 14.3. The second-order valence-corrected chi connectivity index (χ2v) is 10.3. The van der Waals surface area contributed by atoms with Crippen LogP contribution in [0.2, 0.25) is 0 Å². The molecule has 4 aromatic heterocycles. The Kier molecular flexibility index (Phi) is 6.99. The minimum atomic E-state index is -4.47. The van der Waals surface area contributed by atoms with Gasteiger partial charge in [-0.2, -0.15) is 13.2 Å². The zero-order chi connectivity index (χ0) is 27.9. The highest BCUT2D eigenvalue weighted by molar-refractivity contribution is 5.76. The van der Waals surface area contributed by atoms with E-state index in [2.05, 4.69) is 15.0 Å². The predicted molar refractivity (Wildman–Crippen MR) is 137 cm³/mol. The van der Waals surface area contributed by atoms with Gasteiger partial charge in [0, 0.05) is 47.7 Å². The van der Waals surface area contributed by atoms with Crippen molar-refractivity contribution in [2.45, 2.75) is 70.0 Å². The number of aromatic nitrogens is 4. The van der Waals surface area contributed by atoms with E-state index in [4.69, 9.17) is 0 Å². The first-order valence-electron chi connectivity index (χ1n) is 12.8. The standard InChI is InChI=1S/C29H27F5N4O/c1-17-5-6-20-14-21(18-7-9-19(10-8-18)22-15-35-13-11-23(22)29(32,33)34)27(39)38(26(20)37-17)16-25-24(28(2,30)31)4-3-12-36-25/h3-6,11-15,18-19H,7-10,16H2,1-2H3. The fraction of sp³-hybridized carbons (Fsp3) is 0.379. The van der Waals surface area contributed by atoms with E-state index in [1.54, 1.807) is 13.0 Å². The van der Waals surface area contributed by atoms with E-state index in [-0.39, 0.29) is 40.8 Å². The second kappa shape index (κ2) is 10.1. The molecule has 5 rings (SSSR count). The van der Waals surface area contributed by atoms with Crippen molar-refractivity contribution in [3.05, 3.63) is 99.0 Å². The average Bonchev–Trinajstić information content (AvgIpc) is 2.90. The van der Waals surface area contributed by atoms with Crippen molar-refractivity contribution < 1.29 is 22.0 Å². The maximum absolute atomic E-state index is 14.3. The molecule has 0 spiro atoms. The highest BCUT2D eigenvalue weighted by atomic mass is 19.4. The third-order valence-electron chi connectivity index (χ3n) is 7.54. The molecule has 1 saturated carbocycles. The Hall–Kier alpha value is -3.69. The van der Waals surface area contributed by atoms with Gasteiger partial charge < -0.3 is 0 Å². The summed E-state index contributed by atoms with van der Waals surface area (Å²) >= 11 is 0. The van der Waals surface area contributed by atoms with Gasteiger partial charge >= 0.3 is 6.18 Å². The first-order valence-corrected chi connectivity index (χ1v) is 12.8. The van der Waals surface area contributed by atoms with Crippen molar-refractivity contribution in [3.8, 4) is 0 Å². The van der Waals surface area contributed by atoms with Crippen molar-refractivity contribution in [1.29, 1.82) is 0 Å². The van der Waals surface area contributed by atoms with Gasteiger partial charge in [0.25, 0.3) is 11.5 Å². The van der Waals surface area contributed by atoms with Crippen LogP contribution in [0.1, 0.15) is 78.1 Å². The first-order chi connectivity index (χ1) is 18.4. The van der Waals surface area contributed by atoms with Gasteiger partial charge in [-0.3, -0.25) is 19.3 Å². The number of rotatable bonds is 5. The van der Waals surface area contributed by atoms with E-state index in [0.29, 0.717) is 48.0 Å². The zero-order valence-corrected chi connectivity index (χ0v) is 21.5. The molecule has 0 amide bonds. The van der Waals surface area contributed by atoms with Crippen molar-refractivity contribution in [2.75, 3.05) is 0 Å². The summed E-state index contributed by atoms with van der Waals surface area (Å²) in [5.74, 6) is -3.65. The van der Waals surface area contributed by atoms with Crippen LogP contribution in [0.5, 0.6) is 0 Å². The van der Waals surface area contributed by atoms with Crippen LogP contribution < -0.4 is 5.56 Å². The molecule has 1 fully saturated rings. The van der Waals surface area contributed by atoms with Gasteiger partial charge in [0.15, 0.2) is 0 Å². The van der Waals surface area contributed by atoms with Gasteiger partial charge in [-0.05, 0) is 86.4 Å². The van der Waals surface area contributed by atoms with E-state index in [1.807, 2.05) is 12.1 Å². The van der Waals surface area contributed by atoms with Crippen molar-refractivity contribution >= 4 is 11.0 Å². The molecule has 0 bridgehead atoms. The molecule has 4 heterocycles. The Morgan fingerprint density at radius 3 is 2.28 bits per heavy atom. The van der Waals surface area contributed by atoms with Gasteiger partial charge in [-0.25, -0.2) is 13.8 Å². The highest BCUT2D eigenvalue weighted by Crippen LogP contribution is 2.44. The number of aryl methyl sites for hydroxylation is 1. The Morgan fingerprint density at radius 1 is 0.923 bits per heavy atom. The van der Waals surface area contributed by atoms with Gasteiger partial charge in [-0.1, -0.05) is 0 Å². The Morgan fingerprint density at radius 2 is 1.62 bits per heavy atom. The summed E-state index contributed by atoms with van der Waals surface area (Å²) in [7, 11) is 0. The van der Waals surface area contributed by atoms with E-state index in [0.717, 1.165) is 19.2 Å². The number of halogens is 5. The average molecular weight is 543 g/mol. The smallest absolute Gasteiger partial charge is 0.286 e. The molecule has 0 aromatic carbocycles. The van der Waals surface area contributed by atoms with Gasteiger partial charge in [0.1, 0.15) is 5.65 Å². The summed E-state index contributed by atoms with van der Waals surface area (Å²) in [5.41, 5.74) is 0.527. The summed E-state index contributed by atoms with van der Waals surface area (Å²) in [6.45, 7) is 2.39. The summed E-state index contributed by atoms with van der Waals surface area (Å²) in [5, 5.41) is 0.685. The van der Waals surface area contributed by atoms with Crippen LogP contribution in [0.25, 0.3) is 11.0 Å². The second-order valence-electron chi connectivity index (χ2n) is 10.3. The molecule has 5 nitrogen and oxygen atoms in total. The third-order valence-corrected chi connectivity index (χ3v) is 7.54. The molecule has 0 radical (unpaired) electrons. The lowest BCUT2D eigenvalue weighted by atomic mass is 9.75. The fourth-order valence-electron chi connectivity index (χ4n) is 5.62. The van der Waals surface area contributed by atoms with Crippen molar-refractivity contribution in [3.63, 3.8) is 0 Å². The lowest BCUT2D eigenvalue weighted by molar-refractivity contribution is -0.138. The molecule has 1 aliphatic rings. The topological polar surface area (TPSA) is 60.7 Å². The van der Waals surface area contributed by atoms with Crippen LogP contribution in [0.15, 0.2) is 59.8 Å². The van der Waals surface area contributed by atoms with Crippen LogP contribution in [-0.2, 0) is 18.6 Å². The number of fused-ring (bicyclic) bond motifs is 1. The van der Waals surface area contributed by atoms with Crippen molar-refractivity contribution in [2.24, 2.45) is 0 Å². The number of nitrogens with zero attached hydrogens (tertiary/aromatic N) is 4. The Labute approximate surface area is 221 Å². The number of alkyl halides is 5. The van der Waals surface area contributed by atoms with Crippen LogP contribution in [-0.4, -0.2) is 19.5 Å². The van der Waals surface area contributed by atoms with Gasteiger partial charge in [-0.15, -0.1) is 0 Å². The molecule has 4 aromatic rings. The molecular weight excluding hydrogens is 515 g/mol. The van der Waals surface area contributed by atoms with E-state index in [1.165, 1.54) is 29.1 Å². The Balaban J connectivity index is 1.51. The molecular formula is C29H27F5N4O. The van der Waals surface area contributed by atoms with Crippen LogP contribution in [0.4, 0.5) is 22.0 Å². The molecule has 10 heteroatoms. The lowest BCUT2D eigenvalue weighted by Crippen LogP contribution is -2.29. The molecule has 0 aliphatic heterocycles. The number of hydrogen-bond donors (Lipinski definition) is 0.